The molecule has 0 aromatic heterocycles. The second kappa shape index (κ2) is 9.77. The highest BCUT2D eigenvalue weighted by molar-refractivity contribution is 5.79. The first-order valence-electron chi connectivity index (χ1n) is 8.38. The number of nitrogens with zero attached hydrogens (tertiary/aromatic N) is 2. The summed E-state index contributed by atoms with van der Waals surface area (Å²) in [6.45, 7) is 10.4. The highest BCUT2D eigenvalue weighted by Crippen LogP contribution is 2.09. The van der Waals surface area contributed by atoms with E-state index in [9.17, 15) is 9.59 Å². The van der Waals surface area contributed by atoms with Gasteiger partial charge in [0.1, 0.15) is 0 Å². The van der Waals surface area contributed by atoms with Gasteiger partial charge in [-0.1, -0.05) is 13.8 Å². The van der Waals surface area contributed by atoms with Crippen LogP contribution in [0, 0.1) is 0 Å². The summed E-state index contributed by atoms with van der Waals surface area (Å²) in [6.07, 6.45) is 3.62. The van der Waals surface area contributed by atoms with Crippen molar-refractivity contribution in [3.63, 3.8) is 0 Å². The average molecular weight is 297 g/mol. The van der Waals surface area contributed by atoms with Crippen LogP contribution in [0.4, 0.5) is 0 Å². The largest absolute Gasteiger partial charge is 0.343 e. The molecular formula is C16H31N3O2. The summed E-state index contributed by atoms with van der Waals surface area (Å²) in [6, 6.07) is 0.263. The Labute approximate surface area is 129 Å². The van der Waals surface area contributed by atoms with Crippen LogP contribution in [0.5, 0.6) is 0 Å². The van der Waals surface area contributed by atoms with Gasteiger partial charge in [0.25, 0.3) is 0 Å². The van der Waals surface area contributed by atoms with E-state index in [0.717, 1.165) is 45.6 Å². The average Bonchev–Trinajstić information content (AvgIpc) is 2.47. The van der Waals surface area contributed by atoms with Gasteiger partial charge in [0.05, 0.1) is 0 Å². The molecule has 2 amide bonds. The molecule has 122 valence electrons. The number of rotatable bonds is 8. The molecular weight excluding hydrogens is 266 g/mol. The fourth-order valence-corrected chi connectivity index (χ4v) is 2.81. The lowest BCUT2D eigenvalue weighted by Gasteiger charge is -2.34. The van der Waals surface area contributed by atoms with Crippen LogP contribution in [0.25, 0.3) is 0 Å². The summed E-state index contributed by atoms with van der Waals surface area (Å²) in [5.41, 5.74) is 0. The molecule has 1 fully saturated rings. The molecule has 0 radical (unpaired) electrons. The van der Waals surface area contributed by atoms with Crippen LogP contribution in [0.1, 0.15) is 52.9 Å². The van der Waals surface area contributed by atoms with Crippen LogP contribution in [0.2, 0.25) is 0 Å². The lowest BCUT2D eigenvalue weighted by Crippen LogP contribution is -2.52. The molecule has 5 heteroatoms. The third-order valence-corrected chi connectivity index (χ3v) is 3.94. The van der Waals surface area contributed by atoms with Crippen LogP contribution >= 0.6 is 0 Å². The quantitative estimate of drug-likeness (QED) is 0.741. The molecule has 5 nitrogen and oxygen atoms in total. The summed E-state index contributed by atoms with van der Waals surface area (Å²) < 4.78 is 0. The van der Waals surface area contributed by atoms with Gasteiger partial charge in [-0.3, -0.25) is 9.59 Å². The monoisotopic (exact) mass is 297 g/mol. The van der Waals surface area contributed by atoms with Crippen LogP contribution in [-0.2, 0) is 9.59 Å². The molecule has 0 saturated carbocycles. The van der Waals surface area contributed by atoms with Crippen molar-refractivity contribution >= 4 is 11.8 Å². The summed E-state index contributed by atoms with van der Waals surface area (Å²) in [5.74, 6) is 0.384. The summed E-state index contributed by atoms with van der Waals surface area (Å²) in [5, 5.41) is 3.28. The second-order valence-corrected chi connectivity index (χ2v) is 5.87. The SMILES string of the molecule is CCCN(CCC)C(=O)CCCC(=O)N1CCNCC1C. The zero-order valence-electron chi connectivity index (χ0n) is 13.9. The lowest BCUT2D eigenvalue weighted by atomic mass is 10.1. The summed E-state index contributed by atoms with van der Waals surface area (Å²) >= 11 is 0. The molecule has 1 aliphatic heterocycles. The van der Waals surface area contributed by atoms with Crippen molar-refractivity contribution in [2.75, 3.05) is 32.7 Å². The van der Waals surface area contributed by atoms with Crippen molar-refractivity contribution in [3.05, 3.63) is 0 Å². The topological polar surface area (TPSA) is 52.7 Å². The first kappa shape index (κ1) is 18.0. The number of carbonyl (C=O) groups excluding carboxylic acids is 2. The predicted molar refractivity (Wildman–Crippen MR) is 85.1 cm³/mol. The molecule has 1 rings (SSSR count). The minimum absolute atomic E-state index is 0.189. The molecule has 0 aliphatic carbocycles. The first-order valence-corrected chi connectivity index (χ1v) is 8.38. The summed E-state index contributed by atoms with van der Waals surface area (Å²) in [4.78, 5) is 28.2. The standard InChI is InChI=1S/C16H31N3O2/c1-4-10-18(11-5-2)15(20)7-6-8-16(21)19-12-9-17-13-14(19)3/h14,17H,4-13H2,1-3H3. The minimum Gasteiger partial charge on any atom is -0.343 e. The zero-order chi connectivity index (χ0) is 15.7. The van der Waals surface area contributed by atoms with E-state index >= 15 is 0 Å². The van der Waals surface area contributed by atoms with Crippen LogP contribution in [0.15, 0.2) is 0 Å². The van der Waals surface area contributed by atoms with E-state index in [1.165, 1.54) is 0 Å². The molecule has 1 unspecified atom stereocenters. The molecule has 0 bridgehead atoms. The van der Waals surface area contributed by atoms with Gasteiger partial charge in [-0.25, -0.2) is 0 Å². The number of nitrogens with one attached hydrogen (secondary N) is 1. The Morgan fingerprint density at radius 1 is 1.19 bits per heavy atom. The molecule has 0 aromatic rings. The Morgan fingerprint density at radius 2 is 1.86 bits per heavy atom. The number of hydrogen-bond donors (Lipinski definition) is 1. The molecule has 0 aromatic carbocycles. The Balaban J connectivity index is 2.30. The smallest absolute Gasteiger partial charge is 0.222 e. The highest BCUT2D eigenvalue weighted by atomic mass is 16.2. The minimum atomic E-state index is 0.189. The lowest BCUT2D eigenvalue weighted by molar-refractivity contribution is -0.134. The van der Waals surface area contributed by atoms with Crippen molar-refractivity contribution in [2.24, 2.45) is 0 Å². The predicted octanol–water partition coefficient (Wildman–Crippen LogP) is 1.63. The van der Waals surface area contributed by atoms with Crippen LogP contribution in [0.3, 0.4) is 0 Å². The maximum absolute atomic E-state index is 12.2. The molecule has 1 saturated heterocycles. The van der Waals surface area contributed by atoms with E-state index in [4.69, 9.17) is 0 Å². The number of hydrogen-bond acceptors (Lipinski definition) is 3. The first-order chi connectivity index (χ1) is 10.1. The molecule has 1 atom stereocenters. The fourth-order valence-electron chi connectivity index (χ4n) is 2.81. The zero-order valence-corrected chi connectivity index (χ0v) is 13.9. The molecule has 0 spiro atoms. The molecule has 21 heavy (non-hydrogen) atoms. The molecule has 1 aliphatic rings. The van der Waals surface area contributed by atoms with Crippen molar-refractivity contribution in [3.8, 4) is 0 Å². The van der Waals surface area contributed by atoms with E-state index in [2.05, 4.69) is 26.1 Å². The Hall–Kier alpha value is -1.10. The summed E-state index contributed by atoms with van der Waals surface area (Å²) in [7, 11) is 0. The Kier molecular flexibility index (Phi) is 8.35. The third-order valence-electron chi connectivity index (χ3n) is 3.94. The Morgan fingerprint density at radius 3 is 2.43 bits per heavy atom. The van der Waals surface area contributed by atoms with Gasteiger partial charge in [-0.2, -0.15) is 0 Å². The van der Waals surface area contributed by atoms with E-state index in [-0.39, 0.29) is 17.9 Å². The van der Waals surface area contributed by atoms with E-state index in [0.29, 0.717) is 19.3 Å². The van der Waals surface area contributed by atoms with Gasteiger partial charge in [0.15, 0.2) is 0 Å². The Bertz CT molecular complexity index is 327. The van der Waals surface area contributed by atoms with E-state index < -0.39 is 0 Å². The van der Waals surface area contributed by atoms with Crippen molar-refractivity contribution in [1.82, 2.24) is 15.1 Å². The van der Waals surface area contributed by atoms with E-state index in [1.807, 2.05) is 9.80 Å². The number of carbonyl (C=O) groups is 2. The third kappa shape index (κ3) is 6.04. The van der Waals surface area contributed by atoms with Gasteiger partial charge in [-0.15, -0.1) is 0 Å². The van der Waals surface area contributed by atoms with Crippen molar-refractivity contribution < 1.29 is 9.59 Å². The number of amides is 2. The van der Waals surface area contributed by atoms with Gasteiger partial charge in [0, 0.05) is 51.6 Å². The van der Waals surface area contributed by atoms with Crippen LogP contribution < -0.4 is 5.32 Å². The van der Waals surface area contributed by atoms with Gasteiger partial charge >= 0.3 is 0 Å². The van der Waals surface area contributed by atoms with E-state index in [1.54, 1.807) is 0 Å². The maximum atomic E-state index is 12.2. The highest BCUT2D eigenvalue weighted by Gasteiger charge is 2.22. The second-order valence-electron chi connectivity index (χ2n) is 5.87. The van der Waals surface area contributed by atoms with Gasteiger partial charge < -0.3 is 15.1 Å². The molecule has 1 heterocycles. The van der Waals surface area contributed by atoms with Gasteiger partial charge in [0.2, 0.25) is 11.8 Å². The maximum Gasteiger partial charge on any atom is 0.222 e. The van der Waals surface area contributed by atoms with Crippen LogP contribution in [-0.4, -0.2) is 60.4 Å². The van der Waals surface area contributed by atoms with Crippen molar-refractivity contribution in [2.45, 2.75) is 58.9 Å². The normalized spacial score (nSPS) is 18.6. The number of piperazine rings is 1. The molecule has 1 N–H and O–H groups in total. The van der Waals surface area contributed by atoms with Gasteiger partial charge in [-0.05, 0) is 26.2 Å². The fraction of sp³-hybridized carbons (Fsp3) is 0.875. The van der Waals surface area contributed by atoms with Crippen molar-refractivity contribution in [1.29, 1.82) is 0 Å².